The van der Waals surface area contributed by atoms with Crippen molar-refractivity contribution in [2.45, 2.75) is 19.0 Å². The first-order valence-corrected chi connectivity index (χ1v) is 8.70. The number of hydrogen-bond acceptors (Lipinski definition) is 6. The molecule has 2 rings (SSSR count). The zero-order chi connectivity index (χ0) is 16.2. The van der Waals surface area contributed by atoms with Gasteiger partial charge in [-0.25, -0.2) is 13.2 Å². The number of nitrogens with one attached hydrogen (secondary N) is 2. The van der Waals surface area contributed by atoms with Gasteiger partial charge < -0.3 is 9.73 Å². The largest absolute Gasteiger partial charge is 0.468 e. The number of amides is 3. The van der Waals surface area contributed by atoms with Crippen LogP contribution in [0.4, 0.5) is 4.79 Å². The van der Waals surface area contributed by atoms with Gasteiger partial charge in [-0.05, 0) is 18.6 Å². The highest BCUT2D eigenvalue weighted by atomic mass is 32.2. The van der Waals surface area contributed by atoms with Crippen molar-refractivity contribution in [1.82, 2.24) is 15.5 Å². The Morgan fingerprint density at radius 3 is 2.77 bits per heavy atom. The molecule has 3 amide bonds. The first-order chi connectivity index (χ1) is 10.4. The van der Waals surface area contributed by atoms with Gasteiger partial charge in [0.1, 0.15) is 5.76 Å². The Morgan fingerprint density at radius 2 is 2.23 bits per heavy atom. The molecule has 122 valence electrons. The molecule has 1 fully saturated rings. The summed E-state index contributed by atoms with van der Waals surface area (Å²) in [6.45, 7) is 0.239. The predicted molar refractivity (Wildman–Crippen MR) is 78.8 cm³/mol. The van der Waals surface area contributed by atoms with Crippen molar-refractivity contribution in [2.24, 2.45) is 0 Å². The third-order valence-corrected chi connectivity index (χ3v) is 5.24. The smallest absolute Gasteiger partial charge is 0.321 e. The van der Waals surface area contributed by atoms with E-state index in [1.54, 1.807) is 17.0 Å². The molecule has 0 bridgehead atoms. The van der Waals surface area contributed by atoms with Crippen molar-refractivity contribution >= 4 is 21.8 Å². The highest BCUT2D eigenvalue weighted by Crippen LogP contribution is 2.20. The number of furan rings is 1. The molecule has 1 aliphatic heterocycles. The van der Waals surface area contributed by atoms with Crippen LogP contribution in [-0.2, 0) is 21.2 Å². The molecule has 0 aliphatic carbocycles. The van der Waals surface area contributed by atoms with E-state index in [9.17, 15) is 18.0 Å². The normalized spacial score (nSPS) is 20.0. The molecule has 0 unspecified atom stereocenters. The maximum atomic E-state index is 11.9. The maximum Gasteiger partial charge on any atom is 0.321 e. The molecule has 0 saturated carbocycles. The molecule has 2 N–H and O–H groups in total. The van der Waals surface area contributed by atoms with Gasteiger partial charge in [-0.1, -0.05) is 0 Å². The van der Waals surface area contributed by atoms with Crippen LogP contribution < -0.4 is 10.6 Å². The first kappa shape index (κ1) is 16.5. The highest BCUT2D eigenvalue weighted by Gasteiger charge is 2.33. The number of imide groups is 1. The van der Waals surface area contributed by atoms with Gasteiger partial charge in [0.15, 0.2) is 9.84 Å². The van der Waals surface area contributed by atoms with Crippen molar-refractivity contribution in [3.8, 4) is 0 Å². The van der Waals surface area contributed by atoms with Gasteiger partial charge in [-0.2, -0.15) is 0 Å². The van der Waals surface area contributed by atoms with Crippen molar-refractivity contribution in [3.63, 3.8) is 0 Å². The highest BCUT2D eigenvalue weighted by molar-refractivity contribution is 7.91. The van der Waals surface area contributed by atoms with Crippen molar-refractivity contribution in [1.29, 1.82) is 0 Å². The van der Waals surface area contributed by atoms with E-state index in [1.165, 1.54) is 13.3 Å². The van der Waals surface area contributed by atoms with Crippen LogP contribution in [0.3, 0.4) is 0 Å². The number of carbonyl (C=O) groups is 2. The summed E-state index contributed by atoms with van der Waals surface area (Å²) in [6.07, 6.45) is 1.99. The Kier molecular flexibility index (Phi) is 5.19. The van der Waals surface area contributed by atoms with Gasteiger partial charge in [0.2, 0.25) is 5.91 Å². The molecule has 0 spiro atoms. The maximum absolute atomic E-state index is 11.9. The second-order valence-electron chi connectivity index (χ2n) is 5.17. The summed E-state index contributed by atoms with van der Waals surface area (Å²) >= 11 is 0. The molecule has 1 aromatic heterocycles. The second kappa shape index (κ2) is 6.93. The summed E-state index contributed by atoms with van der Waals surface area (Å²) < 4.78 is 28.5. The fourth-order valence-electron chi connectivity index (χ4n) is 2.39. The first-order valence-electron chi connectivity index (χ1n) is 6.88. The van der Waals surface area contributed by atoms with E-state index in [0.29, 0.717) is 18.7 Å². The molecule has 22 heavy (non-hydrogen) atoms. The van der Waals surface area contributed by atoms with Gasteiger partial charge in [0.25, 0.3) is 0 Å². The minimum atomic E-state index is -3.07. The Balaban J connectivity index is 2.04. The van der Waals surface area contributed by atoms with Crippen molar-refractivity contribution in [2.75, 3.05) is 25.1 Å². The van der Waals surface area contributed by atoms with Crippen LogP contribution in [0.15, 0.2) is 22.8 Å². The van der Waals surface area contributed by atoms with Crippen LogP contribution in [0.25, 0.3) is 0 Å². The van der Waals surface area contributed by atoms with Crippen molar-refractivity contribution in [3.05, 3.63) is 24.2 Å². The third-order valence-electron chi connectivity index (χ3n) is 3.49. The van der Waals surface area contributed by atoms with E-state index >= 15 is 0 Å². The average molecular weight is 329 g/mol. The zero-order valence-electron chi connectivity index (χ0n) is 12.2. The van der Waals surface area contributed by atoms with E-state index in [4.69, 9.17) is 4.42 Å². The summed E-state index contributed by atoms with van der Waals surface area (Å²) in [4.78, 5) is 24.8. The lowest BCUT2D eigenvalue weighted by Gasteiger charge is -2.26. The second-order valence-corrected chi connectivity index (χ2v) is 7.40. The lowest BCUT2D eigenvalue weighted by molar-refractivity contribution is -0.121. The molecule has 1 aromatic rings. The topological polar surface area (TPSA) is 109 Å². The average Bonchev–Trinajstić information content (AvgIpc) is 3.07. The fourth-order valence-corrected chi connectivity index (χ4v) is 4.15. The molecule has 0 aromatic carbocycles. The van der Waals surface area contributed by atoms with Gasteiger partial charge >= 0.3 is 6.03 Å². The fraction of sp³-hybridized carbons (Fsp3) is 0.538. The van der Waals surface area contributed by atoms with Crippen LogP contribution >= 0.6 is 0 Å². The van der Waals surface area contributed by atoms with Crippen LogP contribution in [0, 0.1) is 0 Å². The summed E-state index contributed by atoms with van der Waals surface area (Å²) in [7, 11) is -1.66. The molecule has 2 heterocycles. The molecule has 0 radical (unpaired) electrons. The number of urea groups is 1. The Hall–Kier alpha value is -1.87. The van der Waals surface area contributed by atoms with Gasteiger partial charge in [-0.3, -0.25) is 15.0 Å². The summed E-state index contributed by atoms with van der Waals surface area (Å²) in [5, 5.41) is 4.47. The molecule has 9 heteroatoms. The van der Waals surface area contributed by atoms with Crippen LogP contribution in [0.1, 0.15) is 12.2 Å². The lowest BCUT2D eigenvalue weighted by atomic mass is 10.2. The van der Waals surface area contributed by atoms with Crippen LogP contribution in [0.5, 0.6) is 0 Å². The van der Waals surface area contributed by atoms with Gasteiger partial charge in [0.05, 0.1) is 30.9 Å². The van der Waals surface area contributed by atoms with E-state index in [0.717, 1.165) is 0 Å². The number of nitrogens with zero attached hydrogens (tertiary/aromatic N) is 1. The molecular formula is C13H19N3O5S. The SMILES string of the molecule is CNC(=O)NC(=O)CN(Cc1ccco1)[C@H]1CCS(=O)(=O)C1. The number of sulfone groups is 1. The Morgan fingerprint density at radius 1 is 1.45 bits per heavy atom. The summed E-state index contributed by atoms with van der Waals surface area (Å²) in [5.41, 5.74) is 0. The minimum absolute atomic E-state index is 0.0148. The van der Waals surface area contributed by atoms with Gasteiger partial charge in [-0.15, -0.1) is 0 Å². The van der Waals surface area contributed by atoms with E-state index in [1.807, 2.05) is 0 Å². The third kappa shape index (κ3) is 4.57. The molecule has 1 aliphatic rings. The Bertz CT molecular complexity index is 626. The quantitative estimate of drug-likeness (QED) is 0.769. The Labute approximate surface area is 128 Å². The zero-order valence-corrected chi connectivity index (χ0v) is 13.1. The molecule has 1 atom stereocenters. The van der Waals surface area contributed by atoms with Gasteiger partial charge in [0, 0.05) is 13.1 Å². The molecular weight excluding hydrogens is 310 g/mol. The standard InChI is InChI=1S/C13H19N3O5S/c1-14-13(18)15-12(17)8-16(7-11-3-2-5-21-11)10-4-6-22(19,20)9-10/h2-3,5,10H,4,6-9H2,1H3,(H2,14,15,17,18)/t10-/m0/s1. The van der Waals surface area contributed by atoms with E-state index in [-0.39, 0.29) is 24.1 Å². The lowest BCUT2D eigenvalue weighted by Crippen LogP contribution is -2.46. The van der Waals surface area contributed by atoms with E-state index in [2.05, 4.69) is 10.6 Å². The predicted octanol–water partition coefficient (Wildman–Crippen LogP) is -0.276. The molecule has 1 saturated heterocycles. The van der Waals surface area contributed by atoms with Crippen LogP contribution in [-0.4, -0.2) is 56.4 Å². The van der Waals surface area contributed by atoms with E-state index < -0.39 is 21.8 Å². The monoisotopic (exact) mass is 329 g/mol. The molecule has 8 nitrogen and oxygen atoms in total. The number of rotatable bonds is 5. The minimum Gasteiger partial charge on any atom is -0.468 e. The summed E-state index contributed by atoms with van der Waals surface area (Å²) in [6, 6.07) is 2.63. The van der Waals surface area contributed by atoms with Crippen LogP contribution in [0.2, 0.25) is 0 Å². The summed E-state index contributed by atoms with van der Waals surface area (Å²) in [5.74, 6) is 0.275. The number of hydrogen-bond donors (Lipinski definition) is 2. The van der Waals surface area contributed by atoms with Crippen molar-refractivity contribution < 1.29 is 22.4 Å². The number of carbonyl (C=O) groups excluding carboxylic acids is 2.